The normalized spacial score (nSPS) is 16.3. The topological polar surface area (TPSA) is 12.5 Å². The molecule has 0 saturated carbocycles. The van der Waals surface area contributed by atoms with Gasteiger partial charge < -0.3 is 9.64 Å². The zero-order valence-electron chi connectivity index (χ0n) is 18.5. The molecular formula is C25H43NO. The Morgan fingerprint density at radius 1 is 0.852 bits per heavy atom. The fraction of sp³-hybridized carbons (Fsp3) is 0.760. The lowest BCUT2D eigenvalue weighted by molar-refractivity contribution is 0.276. The minimum Gasteiger partial charge on any atom is -0.493 e. The number of hydrogen-bond acceptors (Lipinski definition) is 2. The van der Waals surface area contributed by atoms with Crippen LogP contribution >= 0.6 is 0 Å². The first-order valence-electron chi connectivity index (χ1n) is 11.4. The van der Waals surface area contributed by atoms with E-state index in [0.717, 1.165) is 12.4 Å². The van der Waals surface area contributed by atoms with Gasteiger partial charge in [0.2, 0.25) is 0 Å². The van der Waals surface area contributed by atoms with Crippen molar-refractivity contribution in [1.29, 1.82) is 0 Å². The molecule has 0 bridgehead atoms. The van der Waals surface area contributed by atoms with Gasteiger partial charge in [-0.05, 0) is 69.3 Å². The highest BCUT2D eigenvalue weighted by atomic mass is 16.5. The van der Waals surface area contributed by atoms with Crippen LogP contribution in [-0.4, -0.2) is 31.1 Å². The molecule has 0 atom stereocenters. The van der Waals surface area contributed by atoms with Gasteiger partial charge >= 0.3 is 0 Å². The van der Waals surface area contributed by atoms with Crippen molar-refractivity contribution in [2.24, 2.45) is 0 Å². The first-order valence-corrected chi connectivity index (χ1v) is 11.4. The zero-order valence-corrected chi connectivity index (χ0v) is 18.5. The number of nitrogens with zero attached hydrogens (tertiary/aromatic N) is 1. The van der Waals surface area contributed by atoms with Crippen LogP contribution in [0.1, 0.15) is 96.1 Å². The third kappa shape index (κ3) is 8.68. The number of rotatable bonds is 10. The fourth-order valence-corrected chi connectivity index (χ4v) is 4.04. The van der Waals surface area contributed by atoms with Crippen molar-refractivity contribution in [2.75, 3.05) is 26.2 Å². The van der Waals surface area contributed by atoms with Crippen LogP contribution in [0.3, 0.4) is 0 Å². The Bertz CT molecular complexity index is 524. The molecule has 0 aliphatic carbocycles. The van der Waals surface area contributed by atoms with E-state index < -0.39 is 0 Å². The molecule has 0 unspecified atom stereocenters. The fourth-order valence-electron chi connectivity index (χ4n) is 4.04. The predicted octanol–water partition coefficient (Wildman–Crippen LogP) is 6.89. The molecule has 0 amide bonds. The molecule has 0 N–H and O–H groups in total. The average Bonchev–Trinajstić information content (AvgIpc) is 2.89. The van der Waals surface area contributed by atoms with Gasteiger partial charge in [-0.2, -0.15) is 0 Å². The smallest absolute Gasteiger partial charge is 0.123 e. The number of benzene rings is 1. The minimum absolute atomic E-state index is 0.134. The van der Waals surface area contributed by atoms with Crippen LogP contribution in [-0.2, 0) is 5.41 Å². The van der Waals surface area contributed by atoms with Crippen LogP contribution in [0.2, 0.25) is 0 Å². The van der Waals surface area contributed by atoms with E-state index in [9.17, 15) is 0 Å². The maximum Gasteiger partial charge on any atom is 0.123 e. The Balaban J connectivity index is 1.54. The number of aryl methyl sites for hydroxylation is 1. The van der Waals surface area contributed by atoms with Gasteiger partial charge in [0, 0.05) is 0 Å². The molecule has 2 heteroatoms. The first kappa shape index (κ1) is 22.3. The molecule has 1 aromatic rings. The van der Waals surface area contributed by atoms with Crippen LogP contribution in [0, 0.1) is 6.92 Å². The lowest BCUT2D eigenvalue weighted by atomic mass is 9.85. The Kier molecular flexibility index (Phi) is 9.68. The number of ether oxygens (including phenoxy) is 1. The quantitative estimate of drug-likeness (QED) is 0.414. The van der Waals surface area contributed by atoms with Crippen molar-refractivity contribution in [3.05, 3.63) is 29.3 Å². The third-order valence-electron chi connectivity index (χ3n) is 5.77. The van der Waals surface area contributed by atoms with E-state index in [1.165, 1.54) is 95.0 Å². The molecular weight excluding hydrogens is 330 g/mol. The SMILES string of the molecule is Cc1ccc(OCCCCCCCCN2CCCCCC2)c(C(C)(C)C)c1. The molecule has 154 valence electrons. The van der Waals surface area contributed by atoms with E-state index in [4.69, 9.17) is 4.74 Å². The summed E-state index contributed by atoms with van der Waals surface area (Å²) in [6, 6.07) is 6.59. The van der Waals surface area contributed by atoms with E-state index in [1.54, 1.807) is 0 Å². The van der Waals surface area contributed by atoms with Gasteiger partial charge in [0.25, 0.3) is 0 Å². The van der Waals surface area contributed by atoms with Crippen molar-refractivity contribution in [3.63, 3.8) is 0 Å². The monoisotopic (exact) mass is 373 g/mol. The van der Waals surface area contributed by atoms with Gasteiger partial charge in [-0.25, -0.2) is 0 Å². The van der Waals surface area contributed by atoms with Crippen molar-refractivity contribution >= 4 is 0 Å². The summed E-state index contributed by atoms with van der Waals surface area (Å²) in [5.41, 5.74) is 2.78. The average molecular weight is 374 g/mol. The number of likely N-dealkylation sites (tertiary alicyclic amines) is 1. The molecule has 1 aliphatic heterocycles. The summed E-state index contributed by atoms with van der Waals surface area (Å²) >= 11 is 0. The van der Waals surface area contributed by atoms with Crippen LogP contribution in [0.4, 0.5) is 0 Å². The van der Waals surface area contributed by atoms with Gasteiger partial charge in [-0.3, -0.25) is 0 Å². The van der Waals surface area contributed by atoms with E-state index in [1.807, 2.05) is 0 Å². The van der Waals surface area contributed by atoms with E-state index in [-0.39, 0.29) is 5.41 Å². The second-order valence-corrected chi connectivity index (χ2v) is 9.48. The predicted molar refractivity (Wildman–Crippen MR) is 118 cm³/mol. The van der Waals surface area contributed by atoms with Crippen molar-refractivity contribution in [2.45, 2.75) is 97.3 Å². The highest BCUT2D eigenvalue weighted by molar-refractivity contribution is 5.41. The van der Waals surface area contributed by atoms with Crippen LogP contribution in [0.25, 0.3) is 0 Å². The molecule has 0 radical (unpaired) electrons. The van der Waals surface area contributed by atoms with Crippen molar-refractivity contribution < 1.29 is 4.74 Å². The summed E-state index contributed by atoms with van der Waals surface area (Å²) in [5, 5.41) is 0. The molecule has 2 rings (SSSR count). The molecule has 1 aromatic carbocycles. The molecule has 27 heavy (non-hydrogen) atoms. The standard InChI is InChI=1S/C25H43NO/c1-22-15-16-24(23(21-22)25(2,3)4)27-20-14-10-6-5-7-11-17-26-18-12-8-9-13-19-26/h15-16,21H,5-14,17-20H2,1-4H3. The lowest BCUT2D eigenvalue weighted by Gasteiger charge is -2.23. The van der Waals surface area contributed by atoms with E-state index >= 15 is 0 Å². The molecule has 1 fully saturated rings. The van der Waals surface area contributed by atoms with Gasteiger partial charge in [0.1, 0.15) is 5.75 Å². The van der Waals surface area contributed by atoms with E-state index in [0.29, 0.717) is 0 Å². The molecule has 0 aromatic heterocycles. The summed E-state index contributed by atoms with van der Waals surface area (Å²) in [5.74, 6) is 1.07. The van der Waals surface area contributed by atoms with Gasteiger partial charge in [-0.1, -0.05) is 77.0 Å². The highest BCUT2D eigenvalue weighted by Crippen LogP contribution is 2.32. The summed E-state index contributed by atoms with van der Waals surface area (Å²) in [7, 11) is 0. The minimum atomic E-state index is 0.134. The Hall–Kier alpha value is -1.02. The Labute approximate surface area is 168 Å². The summed E-state index contributed by atoms with van der Waals surface area (Å²) in [6.45, 7) is 13.8. The van der Waals surface area contributed by atoms with Crippen LogP contribution in [0.15, 0.2) is 18.2 Å². The van der Waals surface area contributed by atoms with Gasteiger partial charge in [0.05, 0.1) is 6.61 Å². The summed E-state index contributed by atoms with van der Waals surface area (Å²) in [6.07, 6.45) is 13.7. The summed E-state index contributed by atoms with van der Waals surface area (Å²) < 4.78 is 6.13. The second-order valence-electron chi connectivity index (χ2n) is 9.48. The molecule has 0 spiro atoms. The van der Waals surface area contributed by atoms with E-state index in [2.05, 4.69) is 50.8 Å². The Morgan fingerprint density at radius 2 is 1.48 bits per heavy atom. The first-order chi connectivity index (χ1) is 13.0. The van der Waals surface area contributed by atoms with Crippen molar-refractivity contribution in [3.8, 4) is 5.75 Å². The molecule has 1 aliphatic rings. The highest BCUT2D eigenvalue weighted by Gasteiger charge is 2.19. The largest absolute Gasteiger partial charge is 0.493 e. The summed E-state index contributed by atoms with van der Waals surface area (Å²) in [4.78, 5) is 2.69. The van der Waals surface area contributed by atoms with Gasteiger partial charge in [0.15, 0.2) is 0 Å². The zero-order chi connectivity index (χ0) is 19.5. The maximum absolute atomic E-state index is 6.13. The van der Waals surface area contributed by atoms with Crippen molar-refractivity contribution in [1.82, 2.24) is 4.90 Å². The lowest BCUT2D eigenvalue weighted by Crippen LogP contribution is -2.25. The molecule has 1 saturated heterocycles. The molecule has 1 heterocycles. The van der Waals surface area contributed by atoms with Crippen LogP contribution in [0.5, 0.6) is 5.75 Å². The van der Waals surface area contributed by atoms with Gasteiger partial charge in [-0.15, -0.1) is 0 Å². The van der Waals surface area contributed by atoms with Crippen LogP contribution < -0.4 is 4.74 Å². The molecule has 2 nitrogen and oxygen atoms in total. The Morgan fingerprint density at radius 3 is 2.15 bits per heavy atom. The number of unbranched alkanes of at least 4 members (excludes halogenated alkanes) is 5. The maximum atomic E-state index is 6.13. The third-order valence-corrected chi connectivity index (χ3v) is 5.77. The number of hydrogen-bond donors (Lipinski definition) is 0. The second kappa shape index (κ2) is 11.7.